The average Bonchev–Trinajstić information content (AvgIpc) is 2.69. The van der Waals surface area contributed by atoms with Gasteiger partial charge in [-0.25, -0.2) is 11.9 Å². The van der Waals surface area contributed by atoms with Crippen molar-refractivity contribution in [1.29, 1.82) is 0 Å². The Balaban J connectivity index is 1.87. The van der Waals surface area contributed by atoms with Gasteiger partial charge in [-0.2, -0.15) is 0 Å². The maximum Gasteiger partial charge on any atom is 0.287 e. The molecule has 2 saturated heterocycles. The van der Waals surface area contributed by atoms with Crippen LogP contribution in [0.2, 0.25) is 0 Å². The Bertz CT molecular complexity index is 359. The fourth-order valence-corrected chi connectivity index (χ4v) is 3.45. The first-order valence-electron chi connectivity index (χ1n) is 5.80. The summed E-state index contributed by atoms with van der Waals surface area (Å²) in [5.74, 6) is 1.00. The Morgan fingerprint density at radius 1 is 1.65 bits per heavy atom. The number of nitrogens with one attached hydrogen (secondary N) is 1. The molecule has 2 aliphatic heterocycles. The van der Waals surface area contributed by atoms with Crippen LogP contribution < -0.4 is 11.1 Å². The summed E-state index contributed by atoms with van der Waals surface area (Å²) in [6.07, 6.45) is -0.101. The number of carbonyl (C=O) groups excluding carboxylic acids is 1. The molecule has 0 aromatic heterocycles. The Kier molecular flexibility index (Phi) is 3.34. The van der Waals surface area contributed by atoms with E-state index in [4.69, 9.17) is 12.3 Å². The summed E-state index contributed by atoms with van der Waals surface area (Å²) in [7, 11) is 0. The summed E-state index contributed by atoms with van der Waals surface area (Å²) in [5, 5.41) is 3.28. The molecule has 2 atom stereocenters. The van der Waals surface area contributed by atoms with Crippen LogP contribution >= 0.6 is 11.8 Å². The van der Waals surface area contributed by atoms with Crippen molar-refractivity contribution in [3.8, 4) is 0 Å². The molecule has 17 heavy (non-hydrogen) atoms. The van der Waals surface area contributed by atoms with Crippen LogP contribution in [0.5, 0.6) is 0 Å². The van der Waals surface area contributed by atoms with Gasteiger partial charge in [-0.1, -0.05) is 13.8 Å². The topological polar surface area (TPSA) is 62.7 Å². The first kappa shape index (κ1) is 12.7. The highest BCUT2D eigenvalue weighted by atomic mass is 32.2. The molecule has 0 aromatic carbocycles. The molecule has 2 fully saturated rings. The molecule has 0 unspecified atom stereocenters. The fraction of sp³-hybridized carbons (Fsp3) is 0.818. The van der Waals surface area contributed by atoms with Crippen LogP contribution in [0.25, 0.3) is 4.85 Å². The van der Waals surface area contributed by atoms with E-state index in [1.807, 2.05) is 13.8 Å². The van der Waals surface area contributed by atoms with E-state index in [0.29, 0.717) is 13.1 Å². The lowest BCUT2D eigenvalue weighted by Gasteiger charge is -2.47. The van der Waals surface area contributed by atoms with Gasteiger partial charge in [-0.15, -0.1) is 11.8 Å². The second kappa shape index (κ2) is 4.48. The SMILES string of the molecule is [C-]#[N+][C@@H]1CSC2(CN(C(=O)[C@@H](N)C(C)C)C2)N1. The molecule has 0 saturated carbocycles. The standard InChI is InChI=1S/C11H18N4OS/c1-7(2)9(12)10(16)15-5-11(6-15)14-8(13-3)4-17-11/h7-9,14H,4-6,12H2,1-2H3/t8-,9-/m0/s1. The number of amides is 1. The highest BCUT2D eigenvalue weighted by Gasteiger charge is 2.52. The van der Waals surface area contributed by atoms with Gasteiger partial charge in [-0.3, -0.25) is 9.64 Å². The van der Waals surface area contributed by atoms with Crippen molar-refractivity contribution in [3.63, 3.8) is 0 Å². The molecule has 0 radical (unpaired) electrons. The second-order valence-electron chi connectivity index (χ2n) is 5.06. The van der Waals surface area contributed by atoms with Gasteiger partial charge in [-0.05, 0) is 5.92 Å². The number of nitrogens with two attached hydrogens (primary N) is 1. The third-order valence-corrected chi connectivity index (χ3v) is 4.72. The Morgan fingerprint density at radius 2 is 2.29 bits per heavy atom. The minimum Gasteiger partial charge on any atom is -0.336 e. The smallest absolute Gasteiger partial charge is 0.287 e. The Morgan fingerprint density at radius 3 is 2.76 bits per heavy atom. The molecule has 1 spiro atoms. The van der Waals surface area contributed by atoms with E-state index in [2.05, 4.69) is 10.2 Å². The van der Waals surface area contributed by atoms with E-state index in [-0.39, 0.29) is 22.9 Å². The van der Waals surface area contributed by atoms with Crippen molar-refractivity contribution < 1.29 is 4.79 Å². The van der Waals surface area contributed by atoms with Crippen LogP contribution in [-0.2, 0) is 4.79 Å². The zero-order chi connectivity index (χ0) is 12.6. The summed E-state index contributed by atoms with van der Waals surface area (Å²) < 4.78 is 0. The second-order valence-corrected chi connectivity index (χ2v) is 6.46. The Hall–Kier alpha value is -0.770. The molecule has 3 N–H and O–H groups in total. The maximum atomic E-state index is 12.0. The van der Waals surface area contributed by atoms with E-state index in [9.17, 15) is 4.79 Å². The van der Waals surface area contributed by atoms with Crippen molar-refractivity contribution in [1.82, 2.24) is 10.2 Å². The minimum atomic E-state index is -0.407. The molecule has 6 heteroatoms. The van der Waals surface area contributed by atoms with Crippen molar-refractivity contribution in [3.05, 3.63) is 11.4 Å². The van der Waals surface area contributed by atoms with E-state index >= 15 is 0 Å². The predicted octanol–water partition coefficient (Wildman–Crippen LogP) is 0.0900. The number of thioether (sulfide) groups is 1. The number of rotatable bonds is 2. The molecular formula is C11H18N4OS. The summed E-state index contributed by atoms with van der Waals surface area (Å²) in [4.78, 5) is 17.2. The first-order valence-corrected chi connectivity index (χ1v) is 6.78. The molecular weight excluding hydrogens is 236 g/mol. The number of nitrogens with zero attached hydrogens (tertiary/aromatic N) is 2. The number of likely N-dealkylation sites (tertiary alicyclic amines) is 1. The van der Waals surface area contributed by atoms with Crippen molar-refractivity contribution in [2.45, 2.75) is 30.9 Å². The number of hydrogen-bond donors (Lipinski definition) is 2. The highest BCUT2D eigenvalue weighted by Crippen LogP contribution is 2.38. The first-order chi connectivity index (χ1) is 7.97. The summed E-state index contributed by atoms with van der Waals surface area (Å²) >= 11 is 1.75. The third kappa shape index (κ3) is 2.28. The molecule has 5 nitrogen and oxygen atoms in total. The fourth-order valence-electron chi connectivity index (χ4n) is 2.10. The molecule has 2 aliphatic rings. The highest BCUT2D eigenvalue weighted by molar-refractivity contribution is 8.01. The lowest BCUT2D eigenvalue weighted by atomic mass is 10.00. The van der Waals surface area contributed by atoms with Gasteiger partial charge in [0.15, 0.2) is 0 Å². The molecule has 2 rings (SSSR count). The van der Waals surface area contributed by atoms with Gasteiger partial charge in [0, 0.05) is 0 Å². The molecule has 1 amide bonds. The van der Waals surface area contributed by atoms with Crippen LogP contribution in [0.15, 0.2) is 0 Å². The lowest BCUT2D eigenvalue weighted by Crippen LogP contribution is -2.69. The predicted molar refractivity (Wildman–Crippen MR) is 68.1 cm³/mol. The van der Waals surface area contributed by atoms with Gasteiger partial charge < -0.3 is 10.6 Å². The van der Waals surface area contributed by atoms with Crippen molar-refractivity contribution in [2.24, 2.45) is 11.7 Å². The van der Waals surface area contributed by atoms with Crippen LogP contribution in [-0.4, -0.2) is 46.7 Å². The van der Waals surface area contributed by atoms with Gasteiger partial charge in [0.1, 0.15) is 4.87 Å². The Labute approximate surface area is 106 Å². The lowest BCUT2D eigenvalue weighted by molar-refractivity contribution is -0.139. The van der Waals surface area contributed by atoms with Crippen molar-refractivity contribution in [2.75, 3.05) is 18.8 Å². The number of hydrogen-bond acceptors (Lipinski definition) is 4. The van der Waals surface area contributed by atoms with E-state index < -0.39 is 6.04 Å². The van der Waals surface area contributed by atoms with Crippen molar-refractivity contribution >= 4 is 17.7 Å². The van der Waals surface area contributed by atoms with Gasteiger partial charge in [0.2, 0.25) is 5.91 Å². The average molecular weight is 254 g/mol. The normalized spacial score (nSPS) is 27.9. The maximum absolute atomic E-state index is 12.0. The molecule has 2 heterocycles. The quantitative estimate of drug-likeness (QED) is 0.686. The summed E-state index contributed by atoms with van der Waals surface area (Å²) in [6.45, 7) is 12.2. The van der Waals surface area contributed by atoms with Crippen LogP contribution in [0.4, 0.5) is 0 Å². The minimum absolute atomic E-state index is 0.0271. The molecule has 94 valence electrons. The molecule has 0 bridgehead atoms. The van der Waals surface area contributed by atoms with E-state index in [1.54, 1.807) is 16.7 Å². The van der Waals surface area contributed by atoms with Gasteiger partial charge >= 0.3 is 0 Å². The largest absolute Gasteiger partial charge is 0.336 e. The molecule has 0 aromatic rings. The van der Waals surface area contributed by atoms with Crippen LogP contribution in [0.3, 0.4) is 0 Å². The van der Waals surface area contributed by atoms with E-state index in [1.165, 1.54) is 0 Å². The van der Waals surface area contributed by atoms with Gasteiger partial charge in [0.25, 0.3) is 6.17 Å². The van der Waals surface area contributed by atoms with Gasteiger partial charge in [0.05, 0.1) is 24.9 Å². The van der Waals surface area contributed by atoms with E-state index in [0.717, 1.165) is 5.75 Å². The zero-order valence-corrected chi connectivity index (χ0v) is 11.0. The third-order valence-electron chi connectivity index (χ3n) is 3.31. The summed E-state index contributed by atoms with van der Waals surface area (Å²) in [6, 6.07) is -0.407. The van der Waals surface area contributed by atoms with Crippen LogP contribution in [0.1, 0.15) is 13.8 Å². The number of carbonyl (C=O) groups is 1. The monoisotopic (exact) mass is 254 g/mol. The zero-order valence-electron chi connectivity index (χ0n) is 10.1. The summed E-state index contributed by atoms with van der Waals surface area (Å²) in [5.41, 5.74) is 5.84. The molecule has 0 aliphatic carbocycles. The van der Waals surface area contributed by atoms with Crippen LogP contribution in [0, 0.1) is 12.5 Å².